The van der Waals surface area contributed by atoms with E-state index in [1.165, 1.54) is 4.68 Å². The molecule has 6 nitrogen and oxygen atoms in total. The van der Waals surface area contributed by atoms with Crippen LogP contribution >= 0.6 is 0 Å². The molecule has 0 radical (unpaired) electrons. The van der Waals surface area contributed by atoms with Crippen LogP contribution in [0.25, 0.3) is 0 Å². The maximum absolute atomic E-state index is 12.4. The number of benzene rings is 2. The van der Waals surface area contributed by atoms with E-state index in [9.17, 15) is 9.59 Å². The lowest BCUT2D eigenvalue weighted by molar-refractivity contribution is 0.0951. The van der Waals surface area contributed by atoms with E-state index in [1.54, 1.807) is 30.3 Å². The second-order valence-corrected chi connectivity index (χ2v) is 7.08. The van der Waals surface area contributed by atoms with Crippen LogP contribution in [-0.2, 0) is 19.4 Å². The highest BCUT2D eigenvalue weighted by Gasteiger charge is 2.13. The van der Waals surface area contributed by atoms with Crippen molar-refractivity contribution in [2.45, 2.75) is 32.2 Å². The van der Waals surface area contributed by atoms with Crippen molar-refractivity contribution < 1.29 is 9.53 Å². The minimum absolute atomic E-state index is 0.109. The lowest BCUT2D eigenvalue weighted by atomic mass is 9.97. The molecule has 0 saturated heterocycles. The van der Waals surface area contributed by atoms with Crippen molar-refractivity contribution in [2.24, 2.45) is 0 Å². The van der Waals surface area contributed by atoms with Gasteiger partial charge < -0.3 is 10.1 Å². The molecule has 0 aliphatic heterocycles. The SMILES string of the molecule is O=C(NCCn1nc2c(cc1=O)CCCC2)c1ccc(Oc2ccccc2)cc1. The molecule has 0 atom stereocenters. The summed E-state index contributed by atoms with van der Waals surface area (Å²) in [4.78, 5) is 24.6. The Bertz CT molecular complexity index is 1040. The van der Waals surface area contributed by atoms with Gasteiger partial charge in [-0.05, 0) is 67.6 Å². The van der Waals surface area contributed by atoms with E-state index in [0.717, 1.165) is 42.7 Å². The minimum Gasteiger partial charge on any atom is -0.457 e. The number of rotatable bonds is 6. The Labute approximate surface area is 169 Å². The molecule has 2 aromatic carbocycles. The zero-order valence-corrected chi connectivity index (χ0v) is 16.1. The molecule has 1 N–H and O–H groups in total. The largest absolute Gasteiger partial charge is 0.457 e. The molecule has 4 rings (SSSR count). The first-order valence-corrected chi connectivity index (χ1v) is 9.90. The first-order valence-electron chi connectivity index (χ1n) is 9.90. The molecule has 1 aliphatic rings. The fourth-order valence-electron chi connectivity index (χ4n) is 3.44. The van der Waals surface area contributed by atoms with Crippen LogP contribution < -0.4 is 15.6 Å². The second-order valence-electron chi connectivity index (χ2n) is 7.08. The Kier molecular flexibility index (Phi) is 5.70. The molecule has 3 aromatic rings. The van der Waals surface area contributed by atoms with Gasteiger partial charge in [0, 0.05) is 18.2 Å². The monoisotopic (exact) mass is 389 g/mol. The fraction of sp³-hybridized carbons (Fsp3) is 0.261. The zero-order chi connectivity index (χ0) is 20.1. The Morgan fingerprint density at radius 3 is 2.52 bits per heavy atom. The van der Waals surface area contributed by atoms with Crippen LogP contribution in [0.2, 0.25) is 0 Å². The summed E-state index contributed by atoms with van der Waals surface area (Å²) in [5.74, 6) is 1.22. The van der Waals surface area contributed by atoms with Crippen molar-refractivity contribution in [3.8, 4) is 11.5 Å². The van der Waals surface area contributed by atoms with Crippen molar-refractivity contribution >= 4 is 5.91 Å². The Hall–Kier alpha value is -3.41. The van der Waals surface area contributed by atoms with Crippen LogP contribution in [0.4, 0.5) is 0 Å². The van der Waals surface area contributed by atoms with Crippen molar-refractivity contribution in [2.75, 3.05) is 6.54 Å². The molecule has 0 bridgehead atoms. The summed E-state index contributed by atoms with van der Waals surface area (Å²) in [6.07, 6.45) is 4.07. The van der Waals surface area contributed by atoms with Gasteiger partial charge in [-0.25, -0.2) is 4.68 Å². The third kappa shape index (κ3) is 4.71. The summed E-state index contributed by atoms with van der Waals surface area (Å²) in [5, 5.41) is 7.31. The van der Waals surface area contributed by atoms with E-state index in [-0.39, 0.29) is 11.5 Å². The van der Waals surface area contributed by atoms with Crippen molar-refractivity contribution in [3.05, 3.63) is 87.8 Å². The third-order valence-electron chi connectivity index (χ3n) is 4.98. The maximum Gasteiger partial charge on any atom is 0.267 e. The van der Waals surface area contributed by atoms with Crippen LogP contribution in [0.5, 0.6) is 11.5 Å². The molecule has 29 heavy (non-hydrogen) atoms. The molecule has 1 aromatic heterocycles. The lowest BCUT2D eigenvalue weighted by Crippen LogP contribution is -2.33. The van der Waals surface area contributed by atoms with Crippen molar-refractivity contribution in [1.82, 2.24) is 15.1 Å². The van der Waals surface area contributed by atoms with Crippen LogP contribution in [0.1, 0.15) is 34.5 Å². The van der Waals surface area contributed by atoms with Crippen LogP contribution in [0.15, 0.2) is 65.5 Å². The molecule has 0 spiro atoms. The van der Waals surface area contributed by atoms with Crippen molar-refractivity contribution in [3.63, 3.8) is 0 Å². The van der Waals surface area contributed by atoms with E-state index < -0.39 is 0 Å². The number of nitrogens with one attached hydrogen (secondary N) is 1. The van der Waals surface area contributed by atoms with Gasteiger partial charge >= 0.3 is 0 Å². The summed E-state index contributed by atoms with van der Waals surface area (Å²) < 4.78 is 7.18. The number of carbonyl (C=O) groups is 1. The number of hydrogen-bond acceptors (Lipinski definition) is 4. The molecule has 1 amide bonds. The summed E-state index contributed by atoms with van der Waals surface area (Å²) in [6.45, 7) is 0.694. The number of nitrogens with zero attached hydrogens (tertiary/aromatic N) is 2. The minimum atomic E-state index is -0.192. The highest BCUT2D eigenvalue weighted by molar-refractivity contribution is 5.94. The number of aryl methyl sites for hydroxylation is 2. The van der Waals surface area contributed by atoms with E-state index in [2.05, 4.69) is 10.4 Å². The van der Waals surface area contributed by atoms with Gasteiger partial charge in [0.05, 0.1) is 12.2 Å². The number of carbonyl (C=O) groups excluding carboxylic acids is 1. The van der Waals surface area contributed by atoms with E-state index >= 15 is 0 Å². The molecule has 0 fully saturated rings. The van der Waals surface area contributed by atoms with Gasteiger partial charge in [0.2, 0.25) is 0 Å². The van der Waals surface area contributed by atoms with E-state index in [0.29, 0.717) is 24.4 Å². The first-order chi connectivity index (χ1) is 14.2. The average Bonchev–Trinajstić information content (AvgIpc) is 2.75. The van der Waals surface area contributed by atoms with Gasteiger partial charge in [0.15, 0.2) is 0 Å². The Morgan fingerprint density at radius 2 is 1.72 bits per heavy atom. The summed E-state index contributed by atoms with van der Waals surface area (Å²) in [7, 11) is 0. The zero-order valence-electron chi connectivity index (χ0n) is 16.1. The predicted molar refractivity (Wildman–Crippen MR) is 110 cm³/mol. The summed E-state index contributed by atoms with van der Waals surface area (Å²) in [5.41, 5.74) is 2.51. The highest BCUT2D eigenvalue weighted by atomic mass is 16.5. The molecule has 1 heterocycles. The predicted octanol–water partition coefficient (Wildman–Crippen LogP) is 3.34. The highest BCUT2D eigenvalue weighted by Crippen LogP contribution is 2.21. The number of amides is 1. The molecule has 6 heteroatoms. The number of ether oxygens (including phenoxy) is 1. The molecule has 148 valence electrons. The van der Waals surface area contributed by atoms with Gasteiger partial charge in [-0.3, -0.25) is 9.59 Å². The number of para-hydroxylation sites is 1. The van der Waals surface area contributed by atoms with Crippen LogP contribution in [0.3, 0.4) is 0 Å². The quantitative estimate of drug-likeness (QED) is 0.702. The van der Waals surface area contributed by atoms with Gasteiger partial charge in [0.25, 0.3) is 11.5 Å². The van der Waals surface area contributed by atoms with Crippen LogP contribution in [-0.4, -0.2) is 22.2 Å². The lowest BCUT2D eigenvalue weighted by Gasteiger charge is -2.16. The van der Waals surface area contributed by atoms with Gasteiger partial charge in [-0.1, -0.05) is 18.2 Å². The summed E-state index contributed by atoms with van der Waals surface area (Å²) in [6, 6.07) is 18.1. The fourth-order valence-corrected chi connectivity index (χ4v) is 3.44. The molecular formula is C23H23N3O3. The molecule has 0 saturated carbocycles. The number of aromatic nitrogens is 2. The summed E-state index contributed by atoms with van der Waals surface area (Å²) >= 11 is 0. The Balaban J connectivity index is 1.32. The standard InChI is InChI=1S/C23H23N3O3/c27-22-16-18-6-4-5-9-21(18)25-26(22)15-14-24-23(28)17-10-12-20(13-11-17)29-19-7-2-1-3-8-19/h1-3,7-8,10-13,16H,4-6,9,14-15H2,(H,24,28). The third-order valence-corrected chi connectivity index (χ3v) is 4.98. The molecule has 0 unspecified atom stereocenters. The van der Waals surface area contributed by atoms with Gasteiger partial charge in [0.1, 0.15) is 11.5 Å². The normalized spacial score (nSPS) is 12.8. The number of hydrogen-bond donors (Lipinski definition) is 1. The Morgan fingerprint density at radius 1 is 1.00 bits per heavy atom. The van der Waals surface area contributed by atoms with Gasteiger partial charge in [-0.2, -0.15) is 5.10 Å². The smallest absolute Gasteiger partial charge is 0.267 e. The van der Waals surface area contributed by atoms with Gasteiger partial charge in [-0.15, -0.1) is 0 Å². The molecule has 1 aliphatic carbocycles. The van der Waals surface area contributed by atoms with E-state index in [1.807, 2.05) is 30.3 Å². The average molecular weight is 389 g/mol. The molecular weight excluding hydrogens is 366 g/mol. The second kappa shape index (κ2) is 8.73. The van der Waals surface area contributed by atoms with Crippen molar-refractivity contribution in [1.29, 1.82) is 0 Å². The number of fused-ring (bicyclic) bond motifs is 1. The van der Waals surface area contributed by atoms with E-state index in [4.69, 9.17) is 4.74 Å². The first kappa shape index (κ1) is 18.9. The maximum atomic E-state index is 12.4. The topological polar surface area (TPSA) is 73.2 Å². The van der Waals surface area contributed by atoms with Crippen LogP contribution in [0, 0.1) is 0 Å².